The smallest absolute Gasteiger partial charge is 0.238 e. The van der Waals surface area contributed by atoms with Gasteiger partial charge in [-0.05, 0) is 31.4 Å². The van der Waals surface area contributed by atoms with E-state index in [9.17, 15) is 4.79 Å². The van der Waals surface area contributed by atoms with Crippen molar-refractivity contribution in [1.82, 2.24) is 4.57 Å². The average Bonchev–Trinajstić information content (AvgIpc) is 2.76. The fraction of sp³-hybridized carbons (Fsp3) is 0.438. The van der Waals surface area contributed by atoms with Crippen LogP contribution < -0.4 is 0 Å². The highest BCUT2D eigenvalue weighted by Crippen LogP contribution is 2.35. The molecule has 0 bridgehead atoms. The summed E-state index contributed by atoms with van der Waals surface area (Å²) < 4.78 is 1.67. The van der Waals surface area contributed by atoms with Crippen LogP contribution in [0.3, 0.4) is 0 Å². The van der Waals surface area contributed by atoms with Gasteiger partial charge in [0.25, 0.3) is 0 Å². The molecule has 2 rings (SSSR count). The van der Waals surface area contributed by atoms with Crippen LogP contribution >= 0.6 is 11.6 Å². The number of aromatic nitrogens is 1. The van der Waals surface area contributed by atoms with E-state index < -0.39 is 0 Å². The molecule has 1 aromatic carbocycles. The highest BCUT2D eigenvalue weighted by Gasteiger charge is 2.35. The van der Waals surface area contributed by atoms with Crippen molar-refractivity contribution in [2.45, 2.75) is 40.0 Å². The van der Waals surface area contributed by atoms with Gasteiger partial charge < -0.3 is 0 Å². The van der Waals surface area contributed by atoms with Crippen molar-refractivity contribution in [1.29, 1.82) is 0 Å². The van der Waals surface area contributed by atoms with E-state index in [-0.39, 0.29) is 11.3 Å². The number of carbonyl (C=O) groups is 1. The molecular weight excluding hydrogens is 258 g/mol. The zero-order valence-corrected chi connectivity index (χ0v) is 12.5. The van der Waals surface area contributed by atoms with Crippen LogP contribution in [0.2, 0.25) is 5.15 Å². The second-order valence-electron chi connectivity index (χ2n) is 5.01. The lowest BCUT2D eigenvalue weighted by Crippen LogP contribution is -2.33. The van der Waals surface area contributed by atoms with Crippen molar-refractivity contribution in [2.24, 2.45) is 5.41 Å². The molecule has 0 unspecified atom stereocenters. The van der Waals surface area contributed by atoms with Crippen LogP contribution in [-0.4, -0.2) is 10.5 Å². The van der Waals surface area contributed by atoms with E-state index in [1.165, 1.54) is 0 Å². The van der Waals surface area contributed by atoms with Crippen LogP contribution in [0.15, 0.2) is 30.3 Å². The van der Waals surface area contributed by atoms with Crippen molar-refractivity contribution < 1.29 is 4.79 Å². The lowest BCUT2D eigenvalue weighted by atomic mass is 9.79. The van der Waals surface area contributed by atoms with E-state index in [0.717, 1.165) is 30.2 Å². The van der Waals surface area contributed by atoms with E-state index in [2.05, 4.69) is 20.8 Å². The minimum atomic E-state index is -0.314. The highest BCUT2D eigenvalue weighted by atomic mass is 35.5. The number of hydrogen-bond acceptors (Lipinski definition) is 1. The Morgan fingerprint density at radius 3 is 2.32 bits per heavy atom. The SMILES string of the molecule is CCC(CC)(CC)C(=O)n1c(Cl)cc2ccccc21. The molecule has 1 heterocycles. The largest absolute Gasteiger partial charge is 0.273 e. The molecule has 0 saturated carbocycles. The Morgan fingerprint density at radius 1 is 1.16 bits per heavy atom. The van der Waals surface area contributed by atoms with Gasteiger partial charge in [0.1, 0.15) is 5.15 Å². The number of para-hydroxylation sites is 1. The third kappa shape index (κ3) is 2.18. The number of rotatable bonds is 4. The van der Waals surface area contributed by atoms with Gasteiger partial charge in [-0.15, -0.1) is 0 Å². The van der Waals surface area contributed by atoms with Crippen molar-refractivity contribution >= 4 is 28.4 Å². The van der Waals surface area contributed by atoms with Crippen molar-refractivity contribution in [3.8, 4) is 0 Å². The Kier molecular flexibility index (Phi) is 4.00. The predicted octanol–water partition coefficient (Wildman–Crippen LogP) is 5.15. The van der Waals surface area contributed by atoms with Gasteiger partial charge in [-0.2, -0.15) is 0 Å². The summed E-state index contributed by atoms with van der Waals surface area (Å²) in [6.07, 6.45) is 2.50. The molecule has 0 atom stereocenters. The maximum absolute atomic E-state index is 12.9. The van der Waals surface area contributed by atoms with Crippen LogP contribution in [0.5, 0.6) is 0 Å². The summed E-state index contributed by atoms with van der Waals surface area (Å²) in [4.78, 5) is 12.9. The number of benzene rings is 1. The van der Waals surface area contributed by atoms with E-state index in [1.54, 1.807) is 4.57 Å². The number of fused-ring (bicyclic) bond motifs is 1. The molecule has 2 nitrogen and oxygen atoms in total. The summed E-state index contributed by atoms with van der Waals surface area (Å²) in [7, 11) is 0. The maximum Gasteiger partial charge on any atom is 0.238 e. The number of carbonyl (C=O) groups excluding carboxylic acids is 1. The molecule has 3 heteroatoms. The predicted molar refractivity (Wildman–Crippen MR) is 80.9 cm³/mol. The molecular formula is C16H20ClNO. The van der Waals surface area contributed by atoms with Gasteiger partial charge in [-0.25, -0.2) is 0 Å². The van der Waals surface area contributed by atoms with Crippen LogP contribution in [0.25, 0.3) is 10.9 Å². The fourth-order valence-corrected chi connectivity index (χ4v) is 3.05. The van der Waals surface area contributed by atoms with Gasteiger partial charge in [-0.3, -0.25) is 9.36 Å². The summed E-state index contributed by atoms with van der Waals surface area (Å²) in [5, 5.41) is 1.52. The first-order chi connectivity index (χ1) is 9.09. The number of halogens is 1. The second kappa shape index (κ2) is 5.38. The second-order valence-corrected chi connectivity index (χ2v) is 5.39. The molecule has 0 radical (unpaired) electrons. The third-order valence-electron chi connectivity index (χ3n) is 4.35. The summed E-state index contributed by atoms with van der Waals surface area (Å²) in [5.74, 6) is 0.117. The first kappa shape index (κ1) is 14.1. The molecule has 0 amide bonds. The summed E-state index contributed by atoms with van der Waals surface area (Å²) in [5.41, 5.74) is 0.586. The Labute approximate surface area is 119 Å². The van der Waals surface area contributed by atoms with E-state index in [0.29, 0.717) is 5.15 Å². The zero-order valence-electron chi connectivity index (χ0n) is 11.7. The minimum Gasteiger partial charge on any atom is -0.273 e. The van der Waals surface area contributed by atoms with Gasteiger partial charge in [0, 0.05) is 10.8 Å². The fourth-order valence-electron chi connectivity index (χ4n) is 2.77. The van der Waals surface area contributed by atoms with Gasteiger partial charge in [0.2, 0.25) is 5.91 Å². The molecule has 102 valence electrons. The molecule has 0 spiro atoms. The van der Waals surface area contributed by atoms with E-state index in [4.69, 9.17) is 11.6 Å². The first-order valence-corrected chi connectivity index (χ1v) is 7.28. The van der Waals surface area contributed by atoms with E-state index >= 15 is 0 Å². The Morgan fingerprint density at radius 2 is 1.74 bits per heavy atom. The van der Waals surface area contributed by atoms with Crippen molar-refractivity contribution in [2.75, 3.05) is 0 Å². The number of hydrogen-bond donors (Lipinski definition) is 0. The molecule has 0 aliphatic rings. The summed E-state index contributed by atoms with van der Waals surface area (Å²) >= 11 is 6.28. The minimum absolute atomic E-state index is 0.117. The summed E-state index contributed by atoms with van der Waals surface area (Å²) in [6, 6.07) is 9.69. The Hall–Kier alpha value is -1.28. The van der Waals surface area contributed by atoms with Crippen LogP contribution in [0, 0.1) is 5.41 Å². The molecule has 0 saturated heterocycles. The van der Waals surface area contributed by atoms with Gasteiger partial charge >= 0.3 is 0 Å². The van der Waals surface area contributed by atoms with Crippen LogP contribution in [0.1, 0.15) is 44.8 Å². The van der Waals surface area contributed by atoms with E-state index in [1.807, 2.05) is 30.3 Å². The van der Waals surface area contributed by atoms with Gasteiger partial charge in [0.15, 0.2) is 0 Å². The normalized spacial score (nSPS) is 12.0. The van der Waals surface area contributed by atoms with Crippen molar-refractivity contribution in [3.05, 3.63) is 35.5 Å². The standard InChI is InChI=1S/C16H20ClNO/c1-4-16(5-2,6-3)15(19)18-13-10-8-7-9-12(13)11-14(18)17/h7-11H,4-6H2,1-3H3. The lowest BCUT2D eigenvalue weighted by molar-refractivity contribution is 0.0675. The molecule has 1 aromatic heterocycles. The monoisotopic (exact) mass is 277 g/mol. The first-order valence-electron chi connectivity index (χ1n) is 6.90. The maximum atomic E-state index is 12.9. The highest BCUT2D eigenvalue weighted by molar-refractivity contribution is 6.32. The summed E-state index contributed by atoms with van der Waals surface area (Å²) in [6.45, 7) is 6.22. The Bertz CT molecular complexity index is 588. The third-order valence-corrected chi connectivity index (χ3v) is 4.63. The average molecular weight is 278 g/mol. The lowest BCUT2D eigenvalue weighted by Gasteiger charge is -2.29. The molecule has 0 aliphatic heterocycles. The molecule has 2 aromatic rings. The van der Waals surface area contributed by atoms with Crippen LogP contribution in [-0.2, 0) is 0 Å². The topological polar surface area (TPSA) is 22.0 Å². The quantitative estimate of drug-likeness (QED) is 0.757. The molecule has 19 heavy (non-hydrogen) atoms. The number of nitrogens with zero attached hydrogens (tertiary/aromatic N) is 1. The van der Waals surface area contributed by atoms with Gasteiger partial charge in [0.05, 0.1) is 5.52 Å². The Balaban J connectivity index is 2.61. The molecule has 0 fully saturated rings. The molecule has 0 aliphatic carbocycles. The van der Waals surface area contributed by atoms with Gasteiger partial charge in [-0.1, -0.05) is 50.6 Å². The van der Waals surface area contributed by atoms with Crippen molar-refractivity contribution in [3.63, 3.8) is 0 Å². The zero-order chi connectivity index (χ0) is 14.0. The molecule has 0 N–H and O–H groups in total. The van der Waals surface area contributed by atoms with Crippen LogP contribution in [0.4, 0.5) is 0 Å².